The van der Waals surface area contributed by atoms with Crippen molar-refractivity contribution in [2.45, 2.75) is 38.8 Å². The second-order valence-electron chi connectivity index (χ2n) is 4.17. The fraction of sp³-hybridized carbons (Fsp3) is 1.00. The Hall–Kier alpha value is 0.310. The highest BCUT2D eigenvalue weighted by atomic mass is 31.0. The number of rotatable bonds is 4. The Kier molecular flexibility index (Phi) is 9.73. The van der Waals surface area contributed by atoms with Gasteiger partial charge in [-0.15, -0.1) is 9.24 Å². The van der Waals surface area contributed by atoms with E-state index in [0.717, 1.165) is 26.1 Å². The highest BCUT2D eigenvalue weighted by Crippen LogP contribution is 2.07. The first-order chi connectivity index (χ1) is 7.13. The molecular formula is C11H27N2OP. The van der Waals surface area contributed by atoms with Crippen LogP contribution >= 0.6 is 9.24 Å². The van der Waals surface area contributed by atoms with Crippen LogP contribution in [-0.4, -0.2) is 55.0 Å². The Labute approximate surface area is 96.8 Å². The SMILES string of the molecule is CCCN(C)CC1CC(O)CN1.CCP. The van der Waals surface area contributed by atoms with Gasteiger partial charge in [0.05, 0.1) is 6.10 Å². The van der Waals surface area contributed by atoms with Gasteiger partial charge < -0.3 is 15.3 Å². The zero-order chi connectivity index (χ0) is 11.7. The van der Waals surface area contributed by atoms with Gasteiger partial charge in [-0.3, -0.25) is 0 Å². The quantitative estimate of drug-likeness (QED) is 0.710. The van der Waals surface area contributed by atoms with E-state index in [0.29, 0.717) is 6.04 Å². The second-order valence-corrected chi connectivity index (χ2v) is 4.98. The van der Waals surface area contributed by atoms with E-state index < -0.39 is 0 Å². The molecule has 0 spiro atoms. The van der Waals surface area contributed by atoms with E-state index in [2.05, 4.69) is 40.4 Å². The van der Waals surface area contributed by atoms with Crippen molar-refractivity contribution in [3.63, 3.8) is 0 Å². The summed E-state index contributed by atoms with van der Waals surface area (Å²) in [7, 11) is 4.71. The molecule has 0 aromatic heterocycles. The maximum Gasteiger partial charge on any atom is 0.0680 e. The molecule has 0 saturated carbocycles. The van der Waals surface area contributed by atoms with Crippen molar-refractivity contribution in [3.8, 4) is 0 Å². The molecule has 1 rings (SSSR count). The average Bonchev–Trinajstić information content (AvgIpc) is 2.53. The smallest absolute Gasteiger partial charge is 0.0680 e. The van der Waals surface area contributed by atoms with E-state index >= 15 is 0 Å². The number of aliphatic hydroxyl groups is 1. The third-order valence-electron chi connectivity index (χ3n) is 2.34. The summed E-state index contributed by atoms with van der Waals surface area (Å²) in [4.78, 5) is 2.32. The fourth-order valence-corrected chi connectivity index (χ4v) is 1.79. The number of nitrogens with zero attached hydrogens (tertiary/aromatic N) is 1. The van der Waals surface area contributed by atoms with Crippen LogP contribution in [0, 0.1) is 0 Å². The van der Waals surface area contributed by atoms with Crippen LogP contribution in [0.25, 0.3) is 0 Å². The van der Waals surface area contributed by atoms with Crippen LogP contribution in [0.4, 0.5) is 0 Å². The summed E-state index contributed by atoms with van der Waals surface area (Å²) in [6.07, 6.45) is 3.16. The molecule has 3 unspecified atom stereocenters. The Morgan fingerprint density at radius 1 is 1.47 bits per heavy atom. The first-order valence-corrected chi connectivity index (χ1v) is 6.75. The molecule has 15 heavy (non-hydrogen) atoms. The van der Waals surface area contributed by atoms with E-state index in [1.54, 1.807) is 0 Å². The van der Waals surface area contributed by atoms with Crippen LogP contribution in [0.15, 0.2) is 0 Å². The van der Waals surface area contributed by atoms with E-state index in [4.69, 9.17) is 0 Å². The van der Waals surface area contributed by atoms with Gasteiger partial charge in [0.25, 0.3) is 0 Å². The van der Waals surface area contributed by atoms with Crippen LogP contribution < -0.4 is 5.32 Å². The zero-order valence-electron chi connectivity index (χ0n) is 10.4. The number of aliphatic hydroxyl groups excluding tert-OH is 1. The summed E-state index contributed by atoms with van der Waals surface area (Å²) < 4.78 is 0. The van der Waals surface area contributed by atoms with E-state index in [1.165, 1.54) is 12.6 Å². The molecule has 0 amide bonds. The first kappa shape index (κ1) is 15.3. The van der Waals surface area contributed by atoms with Gasteiger partial charge in [0, 0.05) is 19.1 Å². The highest BCUT2D eigenvalue weighted by Gasteiger charge is 2.22. The number of likely N-dealkylation sites (N-methyl/N-ethyl adjacent to an activating group) is 1. The number of hydrogen-bond donors (Lipinski definition) is 2. The third-order valence-corrected chi connectivity index (χ3v) is 2.34. The normalized spacial score (nSPS) is 25.2. The van der Waals surface area contributed by atoms with Crippen LogP contribution in [0.5, 0.6) is 0 Å². The molecule has 3 nitrogen and oxygen atoms in total. The molecule has 0 bridgehead atoms. The fourth-order valence-electron chi connectivity index (χ4n) is 1.79. The molecule has 1 saturated heterocycles. The zero-order valence-corrected chi connectivity index (χ0v) is 11.5. The number of hydrogen-bond acceptors (Lipinski definition) is 3. The predicted molar refractivity (Wildman–Crippen MR) is 70.5 cm³/mol. The van der Waals surface area contributed by atoms with Crippen molar-refractivity contribution in [2.24, 2.45) is 0 Å². The summed E-state index contributed by atoms with van der Waals surface area (Å²) >= 11 is 0. The molecule has 2 N–H and O–H groups in total. The molecule has 92 valence electrons. The maximum atomic E-state index is 9.26. The lowest BCUT2D eigenvalue weighted by atomic mass is 10.2. The lowest BCUT2D eigenvalue weighted by Crippen LogP contribution is -2.35. The first-order valence-electron chi connectivity index (χ1n) is 5.94. The van der Waals surface area contributed by atoms with Crippen LogP contribution in [0.2, 0.25) is 0 Å². The molecule has 0 aromatic carbocycles. The molecule has 4 heteroatoms. The van der Waals surface area contributed by atoms with Crippen molar-refractivity contribution in [1.82, 2.24) is 10.2 Å². The molecule has 3 atom stereocenters. The monoisotopic (exact) mass is 234 g/mol. The van der Waals surface area contributed by atoms with Crippen molar-refractivity contribution in [2.75, 3.05) is 32.8 Å². The van der Waals surface area contributed by atoms with Gasteiger partial charge >= 0.3 is 0 Å². The van der Waals surface area contributed by atoms with E-state index in [1.807, 2.05) is 0 Å². The molecular weight excluding hydrogens is 207 g/mol. The molecule has 1 heterocycles. The average molecular weight is 234 g/mol. The summed E-state index contributed by atoms with van der Waals surface area (Å²) in [5.41, 5.74) is 0. The van der Waals surface area contributed by atoms with Gasteiger partial charge in [0.15, 0.2) is 0 Å². The molecule has 0 aromatic rings. The summed E-state index contributed by atoms with van der Waals surface area (Å²) in [6, 6.07) is 0.497. The predicted octanol–water partition coefficient (Wildman–Crippen LogP) is 0.932. The van der Waals surface area contributed by atoms with E-state index in [9.17, 15) is 5.11 Å². The summed E-state index contributed by atoms with van der Waals surface area (Å²) in [6.45, 7) is 7.25. The molecule has 0 aliphatic carbocycles. The van der Waals surface area contributed by atoms with Gasteiger partial charge in [-0.1, -0.05) is 13.8 Å². The highest BCUT2D eigenvalue weighted by molar-refractivity contribution is 7.16. The largest absolute Gasteiger partial charge is 0.392 e. The Morgan fingerprint density at radius 2 is 2.07 bits per heavy atom. The number of β-amino-alcohol motifs (C(OH)–C–C–N with tert-alkyl or cyclic N) is 1. The van der Waals surface area contributed by atoms with Crippen LogP contribution in [-0.2, 0) is 0 Å². The molecule has 1 aliphatic heterocycles. The van der Waals surface area contributed by atoms with Gasteiger partial charge in [0.1, 0.15) is 0 Å². The van der Waals surface area contributed by atoms with Crippen molar-refractivity contribution >= 4 is 9.24 Å². The lowest BCUT2D eigenvalue weighted by molar-refractivity contribution is 0.189. The van der Waals surface area contributed by atoms with E-state index in [-0.39, 0.29) is 6.10 Å². The maximum absolute atomic E-state index is 9.26. The minimum absolute atomic E-state index is 0.120. The molecule has 0 radical (unpaired) electrons. The van der Waals surface area contributed by atoms with Gasteiger partial charge in [-0.2, -0.15) is 0 Å². The topological polar surface area (TPSA) is 35.5 Å². The third kappa shape index (κ3) is 8.15. The minimum Gasteiger partial charge on any atom is -0.392 e. The standard InChI is InChI=1S/C9H20N2O.C2H7P/c1-3-4-11(2)7-8-5-9(12)6-10-8;1-2-3/h8-10,12H,3-7H2,1-2H3;2-3H2,1H3. The van der Waals surface area contributed by atoms with Crippen molar-refractivity contribution in [1.29, 1.82) is 0 Å². The Bertz CT molecular complexity index is 147. The van der Waals surface area contributed by atoms with Crippen molar-refractivity contribution < 1.29 is 5.11 Å². The van der Waals surface area contributed by atoms with Crippen LogP contribution in [0.1, 0.15) is 26.7 Å². The number of nitrogens with one attached hydrogen (secondary N) is 1. The lowest BCUT2D eigenvalue weighted by Gasteiger charge is -2.19. The minimum atomic E-state index is -0.120. The summed E-state index contributed by atoms with van der Waals surface area (Å²) in [5, 5.41) is 12.6. The Morgan fingerprint density at radius 3 is 2.47 bits per heavy atom. The van der Waals surface area contributed by atoms with Gasteiger partial charge in [-0.05, 0) is 32.6 Å². The summed E-state index contributed by atoms with van der Waals surface area (Å²) in [5.74, 6) is 0. The van der Waals surface area contributed by atoms with Crippen molar-refractivity contribution in [3.05, 3.63) is 0 Å². The van der Waals surface area contributed by atoms with Gasteiger partial charge in [-0.25, -0.2) is 0 Å². The molecule has 1 fully saturated rings. The van der Waals surface area contributed by atoms with Crippen LogP contribution in [0.3, 0.4) is 0 Å². The Balaban J connectivity index is 0.000000583. The molecule has 1 aliphatic rings. The van der Waals surface area contributed by atoms with Gasteiger partial charge in [0.2, 0.25) is 0 Å². The second kappa shape index (κ2) is 9.53.